The smallest absolute Gasteiger partial charge is 0.347 e. The molecule has 0 aliphatic carbocycles. The fraction of sp³-hybridized carbons (Fsp3) is 0.462. The monoisotopic (exact) mass is 315 g/mol. The Morgan fingerprint density at radius 3 is 2.61 bits per heavy atom. The van der Waals surface area contributed by atoms with E-state index in [0.717, 1.165) is 10.0 Å². The number of carbonyl (C=O) groups excluding carboxylic acids is 1. The molecule has 1 rings (SSSR count). The van der Waals surface area contributed by atoms with Crippen molar-refractivity contribution in [3.8, 4) is 5.75 Å². The molecule has 4 nitrogen and oxygen atoms in total. The first kappa shape index (κ1) is 14.8. The van der Waals surface area contributed by atoms with Gasteiger partial charge in [0.15, 0.2) is 6.10 Å². The molecule has 1 unspecified atom stereocenters. The number of nitrogen functional groups attached to an aromatic ring is 1. The van der Waals surface area contributed by atoms with Crippen LogP contribution >= 0.6 is 15.9 Å². The Morgan fingerprint density at radius 2 is 2.11 bits per heavy atom. The molecule has 0 bridgehead atoms. The van der Waals surface area contributed by atoms with Crippen molar-refractivity contribution in [1.29, 1.82) is 0 Å². The molecule has 0 spiro atoms. The van der Waals surface area contributed by atoms with E-state index in [2.05, 4.69) is 15.9 Å². The van der Waals surface area contributed by atoms with Crippen molar-refractivity contribution in [2.75, 3.05) is 12.3 Å². The van der Waals surface area contributed by atoms with Crippen LogP contribution in [0.15, 0.2) is 16.6 Å². The number of nitrogens with two attached hydrogens (primary N) is 1. The van der Waals surface area contributed by atoms with E-state index in [1.807, 2.05) is 19.9 Å². The fourth-order valence-electron chi connectivity index (χ4n) is 1.59. The molecule has 0 aliphatic rings. The maximum atomic E-state index is 11.7. The molecular formula is C13H18BrNO3. The Balaban J connectivity index is 2.92. The number of benzene rings is 1. The van der Waals surface area contributed by atoms with Gasteiger partial charge in [0.2, 0.25) is 0 Å². The van der Waals surface area contributed by atoms with Crippen molar-refractivity contribution in [2.45, 2.75) is 33.3 Å². The zero-order valence-corrected chi connectivity index (χ0v) is 12.4. The number of rotatable bonds is 5. The molecule has 5 heteroatoms. The van der Waals surface area contributed by atoms with Gasteiger partial charge < -0.3 is 15.2 Å². The number of hydrogen-bond donors (Lipinski definition) is 1. The predicted octanol–water partition coefficient (Wildman–Crippen LogP) is 3.06. The SMILES string of the molecule is CCOC(=O)C(CC)Oc1c(C)cc(Br)cc1N. The van der Waals surface area contributed by atoms with E-state index in [1.54, 1.807) is 13.0 Å². The van der Waals surface area contributed by atoms with Crippen LogP contribution < -0.4 is 10.5 Å². The second kappa shape index (κ2) is 6.64. The summed E-state index contributed by atoms with van der Waals surface area (Å²) in [7, 11) is 0. The third-order valence-corrected chi connectivity index (χ3v) is 2.91. The lowest BCUT2D eigenvalue weighted by atomic mass is 10.2. The van der Waals surface area contributed by atoms with E-state index in [-0.39, 0.29) is 5.97 Å². The summed E-state index contributed by atoms with van der Waals surface area (Å²) in [6, 6.07) is 3.64. The molecule has 1 aromatic carbocycles. The number of ether oxygens (including phenoxy) is 2. The molecule has 2 N–H and O–H groups in total. The maximum absolute atomic E-state index is 11.7. The molecule has 1 aromatic rings. The number of anilines is 1. The fourth-order valence-corrected chi connectivity index (χ4v) is 2.18. The summed E-state index contributed by atoms with van der Waals surface area (Å²) in [5.41, 5.74) is 7.28. The molecule has 0 amide bonds. The third kappa shape index (κ3) is 3.63. The van der Waals surface area contributed by atoms with Crippen LogP contribution in [0.5, 0.6) is 5.75 Å². The van der Waals surface area contributed by atoms with Crippen LogP contribution in [0, 0.1) is 6.92 Å². The average molecular weight is 316 g/mol. The largest absolute Gasteiger partial charge is 0.476 e. The highest BCUT2D eigenvalue weighted by Gasteiger charge is 2.21. The molecule has 0 saturated heterocycles. The van der Waals surface area contributed by atoms with Crippen LogP contribution in [0.3, 0.4) is 0 Å². The second-order valence-corrected chi connectivity index (χ2v) is 4.82. The first-order valence-corrected chi connectivity index (χ1v) is 6.67. The van der Waals surface area contributed by atoms with Crippen molar-refractivity contribution in [3.05, 3.63) is 22.2 Å². The summed E-state index contributed by atoms with van der Waals surface area (Å²) in [6.45, 7) is 5.86. The summed E-state index contributed by atoms with van der Waals surface area (Å²) >= 11 is 3.36. The average Bonchev–Trinajstić information content (AvgIpc) is 2.28. The summed E-state index contributed by atoms with van der Waals surface area (Å²) in [5.74, 6) is 0.180. The van der Waals surface area contributed by atoms with E-state index in [9.17, 15) is 4.79 Å². The molecule has 0 aliphatic heterocycles. The molecule has 1 atom stereocenters. The van der Waals surface area contributed by atoms with Crippen molar-refractivity contribution < 1.29 is 14.3 Å². The molecule has 0 fully saturated rings. The van der Waals surface area contributed by atoms with Crippen LogP contribution in [-0.2, 0) is 9.53 Å². The van der Waals surface area contributed by atoms with E-state index in [1.165, 1.54) is 0 Å². The number of carbonyl (C=O) groups is 1. The zero-order chi connectivity index (χ0) is 13.7. The van der Waals surface area contributed by atoms with Crippen LogP contribution in [-0.4, -0.2) is 18.7 Å². The Labute approximate surface area is 116 Å². The Bertz CT molecular complexity index is 411. The van der Waals surface area contributed by atoms with Crippen molar-refractivity contribution >= 4 is 27.6 Å². The van der Waals surface area contributed by atoms with Gasteiger partial charge in [-0.15, -0.1) is 0 Å². The van der Waals surface area contributed by atoms with Gasteiger partial charge in [-0.25, -0.2) is 4.79 Å². The molecule has 0 aromatic heterocycles. The minimum Gasteiger partial charge on any atom is -0.476 e. The van der Waals surface area contributed by atoms with Gasteiger partial charge in [-0.3, -0.25) is 0 Å². The lowest BCUT2D eigenvalue weighted by Gasteiger charge is -2.19. The van der Waals surface area contributed by atoms with Gasteiger partial charge in [-0.2, -0.15) is 0 Å². The lowest BCUT2D eigenvalue weighted by Crippen LogP contribution is -2.29. The number of esters is 1. The van der Waals surface area contributed by atoms with Gasteiger partial charge in [0.05, 0.1) is 12.3 Å². The maximum Gasteiger partial charge on any atom is 0.347 e. The summed E-state index contributed by atoms with van der Waals surface area (Å²) in [6.07, 6.45) is -0.0829. The van der Waals surface area contributed by atoms with Gasteiger partial charge in [-0.1, -0.05) is 22.9 Å². The first-order chi connectivity index (χ1) is 8.49. The highest BCUT2D eigenvalue weighted by atomic mass is 79.9. The minimum absolute atomic E-state index is 0.341. The number of hydrogen-bond acceptors (Lipinski definition) is 4. The van der Waals surface area contributed by atoms with Gasteiger partial charge in [-0.05, 0) is 38.0 Å². The lowest BCUT2D eigenvalue weighted by molar-refractivity contribution is -0.151. The topological polar surface area (TPSA) is 61.5 Å². The van der Waals surface area contributed by atoms with E-state index >= 15 is 0 Å². The second-order valence-electron chi connectivity index (χ2n) is 3.91. The zero-order valence-electron chi connectivity index (χ0n) is 10.8. The molecule has 0 radical (unpaired) electrons. The minimum atomic E-state index is -0.618. The van der Waals surface area contributed by atoms with Gasteiger partial charge in [0.1, 0.15) is 5.75 Å². The summed E-state index contributed by atoms with van der Waals surface area (Å²) in [4.78, 5) is 11.7. The molecule has 0 heterocycles. The van der Waals surface area contributed by atoms with Crippen molar-refractivity contribution in [2.24, 2.45) is 0 Å². The Morgan fingerprint density at radius 1 is 1.44 bits per heavy atom. The van der Waals surface area contributed by atoms with Crippen molar-refractivity contribution in [1.82, 2.24) is 0 Å². The van der Waals surface area contributed by atoms with Gasteiger partial charge >= 0.3 is 5.97 Å². The standard InChI is InChI=1S/C13H18BrNO3/c1-4-11(13(16)17-5-2)18-12-8(3)6-9(14)7-10(12)15/h6-7,11H,4-5,15H2,1-3H3. The highest BCUT2D eigenvalue weighted by molar-refractivity contribution is 9.10. The van der Waals surface area contributed by atoms with Crippen LogP contribution in [0.1, 0.15) is 25.8 Å². The van der Waals surface area contributed by atoms with Crippen LogP contribution in [0.2, 0.25) is 0 Å². The van der Waals surface area contributed by atoms with E-state index in [0.29, 0.717) is 24.5 Å². The highest BCUT2D eigenvalue weighted by Crippen LogP contribution is 2.31. The molecular weight excluding hydrogens is 298 g/mol. The first-order valence-electron chi connectivity index (χ1n) is 5.88. The molecule has 100 valence electrons. The van der Waals surface area contributed by atoms with Crippen LogP contribution in [0.4, 0.5) is 5.69 Å². The summed E-state index contributed by atoms with van der Waals surface area (Å²) < 4.78 is 11.5. The van der Waals surface area contributed by atoms with Gasteiger partial charge in [0.25, 0.3) is 0 Å². The Hall–Kier alpha value is -1.23. The van der Waals surface area contributed by atoms with Gasteiger partial charge in [0, 0.05) is 4.47 Å². The van der Waals surface area contributed by atoms with Crippen molar-refractivity contribution in [3.63, 3.8) is 0 Å². The normalized spacial score (nSPS) is 12.0. The Kier molecular flexibility index (Phi) is 5.47. The number of aryl methyl sites for hydroxylation is 1. The third-order valence-electron chi connectivity index (χ3n) is 2.45. The van der Waals surface area contributed by atoms with Crippen LogP contribution in [0.25, 0.3) is 0 Å². The predicted molar refractivity (Wildman–Crippen MR) is 74.6 cm³/mol. The summed E-state index contributed by atoms with van der Waals surface area (Å²) in [5, 5.41) is 0. The van der Waals surface area contributed by atoms with E-state index in [4.69, 9.17) is 15.2 Å². The number of halogens is 1. The molecule has 18 heavy (non-hydrogen) atoms. The molecule has 0 saturated carbocycles. The van der Waals surface area contributed by atoms with E-state index < -0.39 is 6.10 Å². The quantitative estimate of drug-likeness (QED) is 0.670.